The molecule has 1 unspecified atom stereocenters. The molecule has 3 nitrogen and oxygen atoms in total. The van der Waals surface area contributed by atoms with E-state index in [4.69, 9.17) is 23.2 Å². The zero-order valence-corrected chi connectivity index (χ0v) is 12.6. The van der Waals surface area contributed by atoms with Gasteiger partial charge in [0, 0.05) is 16.1 Å². The summed E-state index contributed by atoms with van der Waals surface area (Å²) < 4.78 is 0. The van der Waals surface area contributed by atoms with Gasteiger partial charge < -0.3 is 10.4 Å². The maximum absolute atomic E-state index is 11.7. The fraction of sp³-hybridized carbons (Fsp3) is 0.357. The van der Waals surface area contributed by atoms with Gasteiger partial charge in [-0.15, -0.1) is 0 Å². The Labute approximate surface area is 123 Å². The number of amides is 1. The van der Waals surface area contributed by atoms with Gasteiger partial charge in [0.1, 0.15) is 0 Å². The van der Waals surface area contributed by atoms with Gasteiger partial charge in [-0.3, -0.25) is 4.79 Å². The van der Waals surface area contributed by atoms with E-state index in [-0.39, 0.29) is 5.91 Å². The molecule has 5 heteroatoms. The van der Waals surface area contributed by atoms with Gasteiger partial charge in [0.05, 0.1) is 11.6 Å². The maximum Gasteiger partial charge on any atom is 0.244 e. The van der Waals surface area contributed by atoms with Crippen molar-refractivity contribution in [3.8, 4) is 0 Å². The Morgan fingerprint density at radius 3 is 2.32 bits per heavy atom. The molecule has 1 rings (SSSR count). The highest BCUT2D eigenvalue weighted by Crippen LogP contribution is 2.19. The van der Waals surface area contributed by atoms with E-state index < -0.39 is 11.6 Å². The van der Waals surface area contributed by atoms with E-state index in [2.05, 4.69) is 5.32 Å². The lowest BCUT2D eigenvalue weighted by Crippen LogP contribution is -2.50. The van der Waals surface area contributed by atoms with Gasteiger partial charge in [0.2, 0.25) is 5.91 Å². The van der Waals surface area contributed by atoms with Crippen LogP contribution in [0, 0.1) is 0 Å². The van der Waals surface area contributed by atoms with Crippen LogP contribution in [-0.2, 0) is 4.79 Å². The van der Waals surface area contributed by atoms with Crippen LogP contribution < -0.4 is 5.32 Å². The van der Waals surface area contributed by atoms with Crippen LogP contribution in [0.25, 0.3) is 6.08 Å². The fourth-order valence-electron chi connectivity index (χ4n) is 1.31. The summed E-state index contributed by atoms with van der Waals surface area (Å²) in [4.78, 5) is 11.7. The highest BCUT2D eigenvalue weighted by Gasteiger charge is 2.24. The molecule has 0 aliphatic heterocycles. The summed E-state index contributed by atoms with van der Waals surface area (Å²) >= 11 is 11.7. The zero-order chi connectivity index (χ0) is 14.6. The highest BCUT2D eigenvalue weighted by molar-refractivity contribution is 6.34. The Morgan fingerprint density at radius 1 is 1.32 bits per heavy atom. The minimum Gasteiger partial charge on any atom is -0.391 e. The molecule has 1 aromatic carbocycles. The van der Waals surface area contributed by atoms with Gasteiger partial charge in [-0.25, -0.2) is 0 Å². The predicted molar refractivity (Wildman–Crippen MR) is 79.4 cm³/mol. The summed E-state index contributed by atoms with van der Waals surface area (Å²) in [5, 5.41) is 13.2. The average Bonchev–Trinajstić information content (AvgIpc) is 2.24. The van der Waals surface area contributed by atoms with Crippen molar-refractivity contribution in [3.05, 3.63) is 39.9 Å². The van der Waals surface area contributed by atoms with Crippen molar-refractivity contribution in [1.82, 2.24) is 5.32 Å². The quantitative estimate of drug-likeness (QED) is 0.839. The maximum atomic E-state index is 11.7. The summed E-state index contributed by atoms with van der Waals surface area (Å²) in [6, 6.07) is 5.03. The molecule has 0 saturated carbocycles. The monoisotopic (exact) mass is 301 g/mol. The van der Waals surface area contributed by atoms with Crippen molar-refractivity contribution in [2.75, 3.05) is 0 Å². The molecule has 0 heterocycles. The van der Waals surface area contributed by atoms with E-state index in [1.165, 1.54) is 6.08 Å². The van der Waals surface area contributed by atoms with Crippen LogP contribution in [-0.4, -0.2) is 22.7 Å². The van der Waals surface area contributed by atoms with Crippen molar-refractivity contribution >= 4 is 35.2 Å². The van der Waals surface area contributed by atoms with E-state index in [1.54, 1.807) is 45.0 Å². The number of aliphatic hydroxyl groups excluding tert-OH is 1. The van der Waals surface area contributed by atoms with Crippen LogP contribution in [0.4, 0.5) is 0 Å². The lowest BCUT2D eigenvalue weighted by molar-refractivity contribution is -0.119. The molecule has 0 spiro atoms. The summed E-state index contributed by atoms with van der Waals surface area (Å²) in [5.74, 6) is -0.290. The molecule has 0 aliphatic carbocycles. The normalized spacial score (nSPS) is 13.6. The third-order valence-electron chi connectivity index (χ3n) is 2.80. The van der Waals surface area contributed by atoms with Crippen molar-refractivity contribution < 1.29 is 9.90 Å². The number of aliphatic hydroxyl groups is 1. The molecule has 0 aromatic heterocycles. The second kappa shape index (κ2) is 6.42. The van der Waals surface area contributed by atoms with Gasteiger partial charge in [-0.1, -0.05) is 23.2 Å². The molecule has 0 bridgehead atoms. The Hall–Kier alpha value is -1.03. The number of carbonyl (C=O) groups is 1. The molecule has 0 radical (unpaired) electrons. The largest absolute Gasteiger partial charge is 0.391 e. The van der Waals surface area contributed by atoms with E-state index in [0.717, 1.165) is 5.56 Å². The van der Waals surface area contributed by atoms with Crippen molar-refractivity contribution in [1.29, 1.82) is 0 Å². The third-order valence-corrected chi connectivity index (χ3v) is 3.24. The summed E-state index contributed by atoms with van der Waals surface area (Å²) in [6.07, 6.45) is 2.35. The number of carbonyl (C=O) groups excluding carboxylic acids is 1. The highest BCUT2D eigenvalue weighted by atomic mass is 35.5. The van der Waals surface area contributed by atoms with Crippen molar-refractivity contribution in [3.63, 3.8) is 0 Å². The first kappa shape index (κ1) is 16.0. The van der Waals surface area contributed by atoms with Crippen LogP contribution in [0.2, 0.25) is 10.0 Å². The SMILES string of the molecule is CC(O)C(C)(C)NC(=O)/C=C/c1cc(Cl)cc(Cl)c1. The number of rotatable bonds is 4. The second-order valence-electron chi connectivity index (χ2n) is 4.92. The van der Waals surface area contributed by atoms with Crippen LogP contribution in [0.1, 0.15) is 26.3 Å². The fourth-order valence-corrected chi connectivity index (χ4v) is 1.85. The number of halogens is 2. The van der Waals surface area contributed by atoms with E-state index in [0.29, 0.717) is 10.0 Å². The molecule has 0 fully saturated rings. The van der Waals surface area contributed by atoms with Crippen LogP contribution in [0.5, 0.6) is 0 Å². The number of nitrogens with one attached hydrogen (secondary N) is 1. The Bertz CT molecular complexity index is 476. The van der Waals surface area contributed by atoms with E-state index in [9.17, 15) is 9.90 Å². The zero-order valence-electron chi connectivity index (χ0n) is 11.1. The summed E-state index contributed by atoms with van der Waals surface area (Å²) in [5.41, 5.74) is 0.0513. The average molecular weight is 302 g/mol. The van der Waals surface area contributed by atoms with Crippen molar-refractivity contribution in [2.45, 2.75) is 32.4 Å². The molecule has 0 saturated heterocycles. The Kier molecular flexibility index (Phi) is 5.41. The predicted octanol–water partition coefficient (Wildman–Crippen LogP) is 3.28. The smallest absolute Gasteiger partial charge is 0.244 e. The van der Waals surface area contributed by atoms with Gasteiger partial charge >= 0.3 is 0 Å². The first-order valence-electron chi connectivity index (χ1n) is 5.85. The topological polar surface area (TPSA) is 49.3 Å². The van der Waals surface area contributed by atoms with Gasteiger partial charge in [-0.05, 0) is 50.6 Å². The summed E-state index contributed by atoms with van der Waals surface area (Å²) in [6.45, 7) is 5.13. The molecular weight excluding hydrogens is 285 g/mol. The van der Waals surface area contributed by atoms with Gasteiger partial charge in [-0.2, -0.15) is 0 Å². The minimum atomic E-state index is -0.687. The first-order valence-corrected chi connectivity index (χ1v) is 6.60. The second-order valence-corrected chi connectivity index (χ2v) is 5.80. The molecule has 1 amide bonds. The lowest BCUT2D eigenvalue weighted by atomic mass is 9.99. The van der Waals surface area contributed by atoms with Gasteiger partial charge in [0.15, 0.2) is 0 Å². The number of hydrogen-bond donors (Lipinski definition) is 2. The number of hydrogen-bond acceptors (Lipinski definition) is 2. The molecule has 1 atom stereocenters. The van der Waals surface area contributed by atoms with E-state index >= 15 is 0 Å². The Morgan fingerprint density at radius 2 is 1.84 bits per heavy atom. The molecule has 2 N–H and O–H groups in total. The Balaban J connectivity index is 2.74. The van der Waals surface area contributed by atoms with Crippen LogP contribution >= 0.6 is 23.2 Å². The molecule has 104 valence electrons. The molecule has 1 aromatic rings. The van der Waals surface area contributed by atoms with Gasteiger partial charge in [0.25, 0.3) is 0 Å². The standard InChI is InChI=1S/C14H17Cl2NO2/c1-9(18)14(2,3)17-13(19)5-4-10-6-11(15)8-12(16)7-10/h4-9,18H,1-3H3,(H,17,19)/b5-4+. The molecule has 19 heavy (non-hydrogen) atoms. The number of benzene rings is 1. The summed E-state index contributed by atoms with van der Waals surface area (Å²) in [7, 11) is 0. The lowest BCUT2D eigenvalue weighted by Gasteiger charge is -2.28. The van der Waals surface area contributed by atoms with Crippen molar-refractivity contribution in [2.24, 2.45) is 0 Å². The van der Waals surface area contributed by atoms with Crippen LogP contribution in [0.3, 0.4) is 0 Å². The molecular formula is C14H17Cl2NO2. The van der Waals surface area contributed by atoms with E-state index in [1.807, 2.05) is 0 Å². The van der Waals surface area contributed by atoms with Crippen LogP contribution in [0.15, 0.2) is 24.3 Å². The first-order chi connectivity index (χ1) is 8.70. The minimum absolute atomic E-state index is 0.290. The molecule has 0 aliphatic rings. The third kappa shape index (κ3) is 5.23.